The highest BCUT2D eigenvalue weighted by Gasteiger charge is 2.37. The SMILES string of the molecule is COc1ncc(-c2ccc(N(C(=O)NC(C)C)C3CCC(Nc4ncc(C(F)(F)F)c(-c5ccn(C(F)F)n5)n4)CC3)nc2)cn1. The number of nitrogens with zero attached hydrogens (tertiary/aromatic N) is 8. The van der Waals surface area contributed by atoms with Crippen molar-refractivity contribution < 1.29 is 31.5 Å². The summed E-state index contributed by atoms with van der Waals surface area (Å²) >= 11 is 0. The summed E-state index contributed by atoms with van der Waals surface area (Å²) in [5.74, 6) is 0.360. The lowest BCUT2D eigenvalue weighted by atomic mass is 9.90. The Morgan fingerprint density at radius 2 is 1.67 bits per heavy atom. The molecule has 5 rings (SSSR count). The minimum Gasteiger partial charge on any atom is -0.467 e. The van der Waals surface area contributed by atoms with E-state index in [0.29, 0.717) is 37.7 Å². The molecule has 1 saturated carbocycles. The van der Waals surface area contributed by atoms with Gasteiger partial charge in [-0.1, -0.05) is 0 Å². The second-order valence-corrected chi connectivity index (χ2v) is 10.9. The lowest BCUT2D eigenvalue weighted by Crippen LogP contribution is -2.50. The minimum absolute atomic E-state index is 0.0905. The van der Waals surface area contributed by atoms with E-state index in [0.717, 1.165) is 23.4 Å². The van der Waals surface area contributed by atoms with E-state index in [4.69, 9.17) is 4.74 Å². The van der Waals surface area contributed by atoms with Crippen molar-refractivity contribution in [2.24, 2.45) is 0 Å². The summed E-state index contributed by atoms with van der Waals surface area (Å²) in [7, 11) is 1.47. The Morgan fingerprint density at radius 3 is 2.24 bits per heavy atom. The van der Waals surface area contributed by atoms with Crippen molar-refractivity contribution in [1.29, 1.82) is 0 Å². The standard InChI is InChI=1S/C29H31F5N10O2/c1-16(2)39-28(45)44(23-9-4-17(12-35-23)18-13-37-27(46-3)38-14-18)20-7-5-19(6-8-20)40-26-36-15-21(29(32,33)34)24(41-26)22-10-11-43(42-22)25(30)31/h4,9-16,19-20,25H,5-8H2,1-3H3,(H,39,45)(H,36,40,41). The Labute approximate surface area is 260 Å². The molecule has 4 aromatic rings. The summed E-state index contributed by atoms with van der Waals surface area (Å²) in [4.78, 5) is 35.6. The molecule has 0 aliphatic heterocycles. The first-order valence-electron chi connectivity index (χ1n) is 14.4. The molecule has 1 fully saturated rings. The highest BCUT2D eigenvalue weighted by atomic mass is 19.4. The van der Waals surface area contributed by atoms with Crippen LogP contribution in [0.4, 0.5) is 38.5 Å². The normalized spacial score (nSPS) is 16.8. The summed E-state index contributed by atoms with van der Waals surface area (Å²) in [6, 6.07) is 3.97. The van der Waals surface area contributed by atoms with Gasteiger partial charge in [0.1, 0.15) is 22.8 Å². The fourth-order valence-corrected chi connectivity index (χ4v) is 5.13. The van der Waals surface area contributed by atoms with Crippen molar-refractivity contribution in [3.8, 4) is 28.5 Å². The number of carbonyl (C=O) groups excluding carboxylic acids is 1. The second kappa shape index (κ2) is 13.6. The number of hydrogen-bond donors (Lipinski definition) is 2. The number of amides is 2. The van der Waals surface area contributed by atoms with Crippen LogP contribution in [0.1, 0.15) is 51.6 Å². The third-order valence-corrected chi connectivity index (χ3v) is 7.31. The molecule has 0 spiro atoms. The highest BCUT2D eigenvalue weighted by Crippen LogP contribution is 2.36. The van der Waals surface area contributed by atoms with Gasteiger partial charge in [-0.3, -0.25) is 4.90 Å². The van der Waals surface area contributed by atoms with Crippen LogP contribution >= 0.6 is 0 Å². The molecule has 46 heavy (non-hydrogen) atoms. The number of nitrogens with one attached hydrogen (secondary N) is 2. The fraction of sp³-hybridized carbons (Fsp3) is 0.414. The molecule has 0 atom stereocenters. The Bertz CT molecular complexity index is 1620. The smallest absolute Gasteiger partial charge is 0.420 e. The Hall–Kier alpha value is -4.96. The summed E-state index contributed by atoms with van der Waals surface area (Å²) in [5, 5.41) is 9.55. The number of ether oxygens (including phenoxy) is 1. The van der Waals surface area contributed by atoms with E-state index in [1.54, 1.807) is 29.6 Å². The average Bonchev–Trinajstić information content (AvgIpc) is 3.53. The predicted octanol–water partition coefficient (Wildman–Crippen LogP) is 5.96. The first kappa shape index (κ1) is 32.4. The van der Waals surface area contributed by atoms with E-state index in [-0.39, 0.29) is 46.5 Å². The van der Waals surface area contributed by atoms with Crippen molar-refractivity contribution >= 4 is 17.8 Å². The summed E-state index contributed by atoms with van der Waals surface area (Å²) in [6.07, 6.45) is 3.70. The van der Waals surface area contributed by atoms with Gasteiger partial charge >= 0.3 is 24.8 Å². The third kappa shape index (κ3) is 7.46. The second-order valence-electron chi connectivity index (χ2n) is 10.9. The molecule has 2 amide bonds. The molecule has 12 nitrogen and oxygen atoms in total. The van der Waals surface area contributed by atoms with E-state index >= 15 is 0 Å². The van der Waals surface area contributed by atoms with Crippen LogP contribution in [0.5, 0.6) is 6.01 Å². The zero-order valence-electron chi connectivity index (χ0n) is 25.0. The van der Waals surface area contributed by atoms with Gasteiger partial charge in [0.15, 0.2) is 0 Å². The third-order valence-electron chi connectivity index (χ3n) is 7.31. The molecule has 4 aromatic heterocycles. The number of alkyl halides is 5. The van der Waals surface area contributed by atoms with Gasteiger partial charge in [0.05, 0.1) is 7.11 Å². The topological polar surface area (TPSA) is 136 Å². The molecule has 0 radical (unpaired) electrons. The van der Waals surface area contributed by atoms with Gasteiger partial charge in [0.2, 0.25) is 5.95 Å². The molecule has 0 unspecified atom stereocenters. The molecule has 1 aliphatic rings. The summed E-state index contributed by atoms with van der Waals surface area (Å²) in [5.41, 5.74) is -0.677. The van der Waals surface area contributed by atoms with E-state index in [9.17, 15) is 26.7 Å². The van der Waals surface area contributed by atoms with E-state index in [1.807, 2.05) is 19.9 Å². The maximum absolute atomic E-state index is 13.7. The quantitative estimate of drug-likeness (QED) is 0.211. The van der Waals surface area contributed by atoms with Gasteiger partial charge in [-0.05, 0) is 57.7 Å². The van der Waals surface area contributed by atoms with E-state index in [1.165, 1.54) is 7.11 Å². The van der Waals surface area contributed by atoms with Gasteiger partial charge in [-0.15, -0.1) is 0 Å². The average molecular weight is 647 g/mol. The van der Waals surface area contributed by atoms with Gasteiger partial charge in [-0.25, -0.2) is 34.4 Å². The van der Waals surface area contributed by atoms with Gasteiger partial charge < -0.3 is 15.4 Å². The largest absolute Gasteiger partial charge is 0.467 e. The predicted molar refractivity (Wildman–Crippen MR) is 157 cm³/mol. The highest BCUT2D eigenvalue weighted by molar-refractivity contribution is 5.92. The molecule has 17 heteroatoms. The number of methoxy groups -OCH3 is 1. The number of pyridine rings is 1. The number of rotatable bonds is 9. The van der Waals surface area contributed by atoms with Crippen LogP contribution < -0.4 is 20.3 Å². The van der Waals surface area contributed by atoms with Gasteiger partial charge in [0, 0.05) is 60.2 Å². The van der Waals surface area contributed by atoms with Crippen LogP contribution in [0.2, 0.25) is 0 Å². The number of hydrogen-bond acceptors (Lipinski definition) is 9. The van der Waals surface area contributed by atoms with E-state index in [2.05, 4.69) is 40.7 Å². The maximum Gasteiger partial charge on any atom is 0.420 e. The van der Waals surface area contributed by atoms with Crippen LogP contribution in [0.15, 0.2) is 49.2 Å². The van der Waals surface area contributed by atoms with Crippen LogP contribution in [0.25, 0.3) is 22.5 Å². The molecular weight excluding hydrogens is 615 g/mol. The van der Waals surface area contributed by atoms with Crippen molar-refractivity contribution in [2.45, 2.75) is 70.4 Å². The fourth-order valence-electron chi connectivity index (χ4n) is 5.13. The molecule has 2 N–H and O–H groups in total. The van der Waals surface area contributed by atoms with Crippen LogP contribution in [-0.4, -0.2) is 66.0 Å². The summed E-state index contributed by atoms with van der Waals surface area (Å²) < 4.78 is 72.4. The molecule has 1 aliphatic carbocycles. The van der Waals surface area contributed by atoms with Crippen molar-refractivity contribution in [1.82, 2.24) is 40.0 Å². The Kier molecular flexibility index (Phi) is 9.57. The Morgan fingerprint density at radius 1 is 0.978 bits per heavy atom. The van der Waals surface area contributed by atoms with Gasteiger partial charge in [0.25, 0.3) is 0 Å². The van der Waals surface area contributed by atoms with Crippen molar-refractivity contribution in [3.63, 3.8) is 0 Å². The number of halogens is 5. The lowest BCUT2D eigenvalue weighted by Gasteiger charge is -2.37. The van der Waals surface area contributed by atoms with Crippen molar-refractivity contribution in [2.75, 3.05) is 17.3 Å². The molecule has 0 saturated heterocycles. The minimum atomic E-state index is -4.82. The first-order valence-corrected chi connectivity index (χ1v) is 14.4. The van der Waals surface area contributed by atoms with Crippen molar-refractivity contribution in [3.05, 3.63) is 54.7 Å². The molecule has 0 aromatic carbocycles. The monoisotopic (exact) mass is 646 g/mol. The number of urea groups is 1. The first-order chi connectivity index (χ1) is 21.9. The zero-order valence-corrected chi connectivity index (χ0v) is 25.0. The van der Waals surface area contributed by atoms with Crippen LogP contribution in [0, 0.1) is 0 Å². The molecule has 244 valence electrons. The Balaban J connectivity index is 1.31. The van der Waals surface area contributed by atoms with E-state index < -0.39 is 24.0 Å². The zero-order chi connectivity index (χ0) is 33.0. The van der Waals surface area contributed by atoms with Crippen LogP contribution in [-0.2, 0) is 6.18 Å². The molecule has 4 heterocycles. The van der Waals surface area contributed by atoms with Gasteiger partial charge in [-0.2, -0.15) is 27.1 Å². The van der Waals surface area contributed by atoms with Crippen LogP contribution in [0.3, 0.4) is 0 Å². The lowest BCUT2D eigenvalue weighted by molar-refractivity contribution is -0.137. The maximum atomic E-state index is 13.7. The summed E-state index contributed by atoms with van der Waals surface area (Å²) in [6.45, 7) is 0.692. The molecule has 0 bridgehead atoms. The number of carbonyl (C=O) groups is 1. The number of aromatic nitrogens is 7. The molecular formula is C29H31F5N10O2. The number of anilines is 2.